The van der Waals surface area contributed by atoms with E-state index in [9.17, 15) is 10.1 Å². The molecule has 3 heterocycles. The highest BCUT2D eigenvalue weighted by molar-refractivity contribution is 6.15. The van der Waals surface area contributed by atoms with Crippen LogP contribution in [-0.4, -0.2) is 27.1 Å². The summed E-state index contributed by atoms with van der Waals surface area (Å²) in [6, 6.07) is 8.78. The smallest absolute Gasteiger partial charge is 0.270 e. The lowest BCUT2D eigenvalue weighted by atomic mass is 9.95. The number of pyridine rings is 1. The van der Waals surface area contributed by atoms with Crippen molar-refractivity contribution in [2.75, 3.05) is 6.54 Å². The first-order valence-corrected chi connectivity index (χ1v) is 8.14. The summed E-state index contributed by atoms with van der Waals surface area (Å²) in [5.74, 6) is 0. The van der Waals surface area contributed by atoms with E-state index in [-0.39, 0.29) is 10.6 Å². The van der Waals surface area contributed by atoms with Crippen LogP contribution in [0.5, 0.6) is 0 Å². The number of fused-ring (bicyclic) bond motifs is 1. The minimum atomic E-state index is -0.369. The molecule has 1 aliphatic heterocycles. The van der Waals surface area contributed by atoms with Crippen molar-refractivity contribution < 1.29 is 4.92 Å². The summed E-state index contributed by atoms with van der Waals surface area (Å²) in [4.78, 5) is 22.7. The van der Waals surface area contributed by atoms with E-state index in [1.54, 1.807) is 18.3 Å². The number of allylic oxidation sites excluding steroid dienone is 1. The number of hydrogen-bond donors (Lipinski definition) is 1. The SMILES string of the molecule is O=[N+]([O-])c1ccc2[nH]cc(C=C3CCCN=C3c3cccnc3)c2c1. The molecule has 124 valence electrons. The number of aliphatic imine (C=N–C) groups is 1. The average molecular weight is 332 g/mol. The molecule has 0 bridgehead atoms. The predicted molar refractivity (Wildman–Crippen MR) is 97.8 cm³/mol. The van der Waals surface area contributed by atoms with Gasteiger partial charge in [-0.05, 0) is 42.7 Å². The number of hydrogen-bond acceptors (Lipinski definition) is 4. The lowest BCUT2D eigenvalue weighted by Gasteiger charge is -2.16. The molecule has 3 aromatic rings. The van der Waals surface area contributed by atoms with Gasteiger partial charge < -0.3 is 4.98 Å². The molecular formula is C19H16N4O2. The molecule has 1 aromatic carbocycles. The van der Waals surface area contributed by atoms with Crippen molar-refractivity contribution in [3.8, 4) is 0 Å². The molecule has 25 heavy (non-hydrogen) atoms. The van der Waals surface area contributed by atoms with Crippen molar-refractivity contribution >= 4 is 28.4 Å². The number of rotatable bonds is 3. The lowest BCUT2D eigenvalue weighted by Crippen LogP contribution is -2.11. The van der Waals surface area contributed by atoms with Crippen LogP contribution in [0.1, 0.15) is 24.0 Å². The molecule has 0 saturated carbocycles. The molecule has 0 aliphatic carbocycles. The zero-order chi connectivity index (χ0) is 17.2. The van der Waals surface area contributed by atoms with E-state index in [2.05, 4.69) is 21.0 Å². The van der Waals surface area contributed by atoms with Crippen LogP contribution >= 0.6 is 0 Å². The van der Waals surface area contributed by atoms with Crippen molar-refractivity contribution in [1.82, 2.24) is 9.97 Å². The van der Waals surface area contributed by atoms with E-state index in [0.717, 1.165) is 52.7 Å². The van der Waals surface area contributed by atoms with Crippen LogP contribution in [0.4, 0.5) is 5.69 Å². The number of nitrogens with zero attached hydrogens (tertiary/aromatic N) is 3. The summed E-state index contributed by atoms with van der Waals surface area (Å²) in [5.41, 5.74) is 5.00. The lowest BCUT2D eigenvalue weighted by molar-refractivity contribution is -0.384. The molecule has 0 amide bonds. The fourth-order valence-corrected chi connectivity index (χ4v) is 3.15. The topological polar surface area (TPSA) is 84.2 Å². The van der Waals surface area contributed by atoms with Crippen molar-refractivity contribution in [3.63, 3.8) is 0 Å². The van der Waals surface area contributed by atoms with Crippen LogP contribution in [0.2, 0.25) is 0 Å². The van der Waals surface area contributed by atoms with Gasteiger partial charge in [-0.1, -0.05) is 0 Å². The standard InChI is InChI=1S/C19H16N4O2/c24-23(25)16-5-6-18-17(10-16)15(12-22-18)9-13-3-2-8-21-19(13)14-4-1-7-20-11-14/h1,4-7,9-12,22H,2-3,8H2. The first-order valence-electron chi connectivity index (χ1n) is 8.14. The van der Waals surface area contributed by atoms with Crippen molar-refractivity contribution in [2.24, 2.45) is 4.99 Å². The molecule has 6 heteroatoms. The molecule has 4 rings (SSSR count). The van der Waals surface area contributed by atoms with E-state index in [1.165, 1.54) is 6.07 Å². The van der Waals surface area contributed by atoms with E-state index in [0.29, 0.717) is 0 Å². The van der Waals surface area contributed by atoms with Crippen molar-refractivity contribution in [3.05, 3.63) is 75.7 Å². The minimum Gasteiger partial charge on any atom is -0.361 e. The summed E-state index contributed by atoms with van der Waals surface area (Å²) in [6.07, 6.45) is 9.45. The van der Waals surface area contributed by atoms with Gasteiger partial charge >= 0.3 is 0 Å². The molecule has 1 aliphatic rings. The highest BCUT2D eigenvalue weighted by Gasteiger charge is 2.16. The van der Waals surface area contributed by atoms with E-state index in [4.69, 9.17) is 0 Å². The van der Waals surface area contributed by atoms with E-state index in [1.807, 2.05) is 24.5 Å². The van der Waals surface area contributed by atoms with E-state index < -0.39 is 0 Å². The summed E-state index contributed by atoms with van der Waals surface area (Å²) in [6.45, 7) is 0.806. The van der Waals surface area contributed by atoms with Gasteiger partial charge in [0.1, 0.15) is 0 Å². The van der Waals surface area contributed by atoms with Gasteiger partial charge in [-0.25, -0.2) is 0 Å². The Hall–Kier alpha value is -3.28. The number of benzene rings is 1. The number of non-ortho nitro benzene ring substituents is 1. The van der Waals surface area contributed by atoms with Crippen molar-refractivity contribution in [2.45, 2.75) is 12.8 Å². The maximum absolute atomic E-state index is 11.1. The van der Waals surface area contributed by atoms with Crippen LogP contribution in [-0.2, 0) is 0 Å². The predicted octanol–water partition coefficient (Wildman–Crippen LogP) is 4.14. The molecule has 0 atom stereocenters. The van der Waals surface area contributed by atoms with E-state index >= 15 is 0 Å². The Kier molecular flexibility index (Phi) is 3.85. The second kappa shape index (κ2) is 6.32. The van der Waals surface area contributed by atoms with Gasteiger partial charge in [0.05, 0.1) is 10.6 Å². The quantitative estimate of drug-likeness (QED) is 0.578. The largest absolute Gasteiger partial charge is 0.361 e. The minimum absolute atomic E-state index is 0.0940. The van der Waals surface area contributed by atoms with Crippen molar-refractivity contribution in [1.29, 1.82) is 0 Å². The Morgan fingerprint density at radius 3 is 3.00 bits per heavy atom. The third-order valence-corrected chi connectivity index (χ3v) is 4.35. The summed E-state index contributed by atoms with van der Waals surface area (Å²) in [5, 5.41) is 11.9. The fourth-order valence-electron chi connectivity index (χ4n) is 3.15. The first-order chi connectivity index (χ1) is 12.2. The van der Waals surface area contributed by atoms with Gasteiger partial charge in [0.15, 0.2) is 0 Å². The second-order valence-corrected chi connectivity index (χ2v) is 5.98. The van der Waals surface area contributed by atoms with Gasteiger partial charge in [-0.2, -0.15) is 0 Å². The van der Waals surface area contributed by atoms with Gasteiger partial charge in [0.2, 0.25) is 0 Å². The maximum Gasteiger partial charge on any atom is 0.270 e. The molecule has 0 radical (unpaired) electrons. The third kappa shape index (κ3) is 2.94. The molecule has 2 aromatic heterocycles. The fraction of sp³-hybridized carbons (Fsp3) is 0.158. The Labute approximate surface area is 144 Å². The Bertz CT molecular complexity index is 1000. The summed E-state index contributed by atoms with van der Waals surface area (Å²) >= 11 is 0. The van der Waals surface area contributed by atoms with Crippen LogP contribution in [0.15, 0.2) is 59.5 Å². The number of nitro groups is 1. The van der Waals surface area contributed by atoms with Crippen LogP contribution < -0.4 is 0 Å². The molecule has 0 saturated heterocycles. The van der Waals surface area contributed by atoms with Gasteiger partial charge in [-0.15, -0.1) is 0 Å². The second-order valence-electron chi connectivity index (χ2n) is 5.98. The Morgan fingerprint density at radius 1 is 1.28 bits per heavy atom. The Balaban J connectivity index is 1.80. The monoisotopic (exact) mass is 332 g/mol. The molecule has 6 nitrogen and oxygen atoms in total. The van der Waals surface area contributed by atoms with Gasteiger partial charge in [0.25, 0.3) is 5.69 Å². The van der Waals surface area contributed by atoms with Gasteiger partial charge in [-0.3, -0.25) is 20.1 Å². The molecule has 0 spiro atoms. The number of nitro benzene ring substituents is 1. The normalized spacial score (nSPS) is 16.2. The number of aromatic amines is 1. The zero-order valence-electron chi connectivity index (χ0n) is 13.5. The number of H-pyrrole nitrogens is 1. The third-order valence-electron chi connectivity index (χ3n) is 4.35. The van der Waals surface area contributed by atoms with Crippen LogP contribution in [0.3, 0.4) is 0 Å². The maximum atomic E-state index is 11.1. The highest BCUT2D eigenvalue weighted by Crippen LogP contribution is 2.28. The molecular weight excluding hydrogens is 316 g/mol. The summed E-state index contributed by atoms with van der Waals surface area (Å²) in [7, 11) is 0. The molecule has 1 N–H and O–H groups in total. The average Bonchev–Trinajstić information content (AvgIpc) is 3.05. The van der Waals surface area contributed by atoms with Gasteiger partial charge in [0, 0.05) is 59.3 Å². The highest BCUT2D eigenvalue weighted by atomic mass is 16.6. The summed E-state index contributed by atoms with van der Waals surface area (Å²) < 4.78 is 0. The zero-order valence-corrected chi connectivity index (χ0v) is 13.5. The van der Waals surface area contributed by atoms with Crippen LogP contribution in [0.25, 0.3) is 17.0 Å². The number of aromatic nitrogens is 2. The molecule has 0 unspecified atom stereocenters. The van der Waals surface area contributed by atoms with Crippen LogP contribution in [0, 0.1) is 10.1 Å². The first kappa shape index (κ1) is 15.3. The molecule has 0 fully saturated rings. The Morgan fingerprint density at radius 2 is 2.20 bits per heavy atom. The number of nitrogens with one attached hydrogen (secondary N) is 1.